The van der Waals surface area contributed by atoms with Gasteiger partial charge in [-0.15, -0.1) is 0 Å². The van der Waals surface area contributed by atoms with Gasteiger partial charge in [0.05, 0.1) is 11.4 Å². The fourth-order valence-electron chi connectivity index (χ4n) is 3.98. The van der Waals surface area contributed by atoms with Crippen molar-refractivity contribution in [3.05, 3.63) is 96.3 Å². The maximum Gasteiger partial charge on any atom is 0.259 e. The van der Waals surface area contributed by atoms with Gasteiger partial charge in [0.25, 0.3) is 5.91 Å². The Labute approximate surface area is 177 Å². The largest absolute Gasteiger partial charge is 0.287 e. The van der Waals surface area contributed by atoms with Gasteiger partial charge < -0.3 is 0 Å². The van der Waals surface area contributed by atoms with Gasteiger partial charge in [-0.1, -0.05) is 48.5 Å². The smallest absolute Gasteiger partial charge is 0.259 e. The predicted molar refractivity (Wildman–Crippen MR) is 113 cm³/mol. The number of hydrogen-bond acceptors (Lipinski definition) is 5. The topological polar surface area (TPSA) is 70.1 Å². The molecular formula is C24H16FN3O3. The molecule has 2 atom stereocenters. The molecule has 3 aromatic rings. The van der Waals surface area contributed by atoms with Crippen LogP contribution in [0.4, 0.5) is 15.8 Å². The van der Waals surface area contributed by atoms with Crippen molar-refractivity contribution in [2.24, 2.45) is 11.0 Å². The Kier molecular flexibility index (Phi) is 4.43. The molecule has 0 spiro atoms. The molecule has 2 aliphatic rings. The van der Waals surface area contributed by atoms with Gasteiger partial charge in [0.1, 0.15) is 23.5 Å². The predicted octanol–water partition coefficient (Wildman–Crippen LogP) is 3.44. The van der Waals surface area contributed by atoms with Crippen LogP contribution in [0, 0.1) is 11.7 Å². The number of halogens is 1. The van der Waals surface area contributed by atoms with E-state index < -0.39 is 35.4 Å². The van der Waals surface area contributed by atoms with E-state index in [-0.39, 0.29) is 11.4 Å². The summed E-state index contributed by atoms with van der Waals surface area (Å²) >= 11 is 0. The van der Waals surface area contributed by atoms with Gasteiger partial charge in [0, 0.05) is 5.56 Å². The Hall–Kier alpha value is -4.13. The molecule has 0 saturated carbocycles. The van der Waals surface area contributed by atoms with Gasteiger partial charge in [0.15, 0.2) is 0 Å². The monoisotopic (exact) mass is 413 g/mol. The molecule has 2 amide bonds. The first kappa shape index (κ1) is 18.9. The number of imide groups is 1. The standard InChI is InChI=1S/C24H16FN3O3/c25-16-11-13-17(14-12-16)27-23(30)19-20(22(29)15-7-3-1-4-8-15)26-28(21(19)24(27)31)18-9-5-2-6-10-18/h1-14,19,21H/t19-,21+/m1/s1. The van der Waals surface area contributed by atoms with Gasteiger partial charge in [-0.05, 0) is 36.4 Å². The first-order valence-electron chi connectivity index (χ1n) is 9.72. The van der Waals surface area contributed by atoms with E-state index in [9.17, 15) is 18.8 Å². The third kappa shape index (κ3) is 3.02. The van der Waals surface area contributed by atoms with Crippen LogP contribution in [0.15, 0.2) is 90.0 Å². The van der Waals surface area contributed by atoms with Crippen LogP contribution in [0.3, 0.4) is 0 Å². The zero-order valence-corrected chi connectivity index (χ0v) is 16.2. The number of carbonyl (C=O) groups excluding carboxylic acids is 3. The van der Waals surface area contributed by atoms with Gasteiger partial charge in [-0.25, -0.2) is 9.29 Å². The normalized spacial score (nSPS) is 20.1. The number of anilines is 2. The number of para-hydroxylation sites is 1. The summed E-state index contributed by atoms with van der Waals surface area (Å²) in [5, 5.41) is 5.87. The fraction of sp³-hybridized carbons (Fsp3) is 0.0833. The Morgan fingerprint density at radius 3 is 2.03 bits per heavy atom. The Bertz CT molecular complexity index is 1210. The van der Waals surface area contributed by atoms with Crippen LogP contribution >= 0.6 is 0 Å². The van der Waals surface area contributed by atoms with Crippen molar-refractivity contribution >= 4 is 34.7 Å². The number of amides is 2. The van der Waals surface area contributed by atoms with E-state index in [0.29, 0.717) is 11.3 Å². The molecule has 0 aromatic heterocycles. The molecular weight excluding hydrogens is 397 g/mol. The maximum absolute atomic E-state index is 13.4. The lowest BCUT2D eigenvalue weighted by Crippen LogP contribution is -2.39. The van der Waals surface area contributed by atoms with E-state index in [0.717, 1.165) is 4.90 Å². The quantitative estimate of drug-likeness (QED) is 0.485. The van der Waals surface area contributed by atoms with E-state index in [4.69, 9.17) is 0 Å². The highest BCUT2D eigenvalue weighted by molar-refractivity contribution is 6.53. The second-order valence-electron chi connectivity index (χ2n) is 7.27. The molecule has 0 unspecified atom stereocenters. The summed E-state index contributed by atoms with van der Waals surface area (Å²) in [6.07, 6.45) is 0. The number of carbonyl (C=O) groups is 3. The molecule has 2 aliphatic heterocycles. The van der Waals surface area contributed by atoms with Crippen molar-refractivity contribution in [2.75, 3.05) is 9.91 Å². The summed E-state index contributed by atoms with van der Waals surface area (Å²) in [7, 11) is 0. The number of nitrogens with zero attached hydrogens (tertiary/aromatic N) is 3. The van der Waals surface area contributed by atoms with E-state index in [1.165, 1.54) is 29.3 Å². The van der Waals surface area contributed by atoms with E-state index in [2.05, 4.69) is 5.10 Å². The van der Waals surface area contributed by atoms with Crippen LogP contribution in [0.25, 0.3) is 0 Å². The average Bonchev–Trinajstić information content (AvgIpc) is 3.32. The molecule has 1 saturated heterocycles. The zero-order chi connectivity index (χ0) is 21.5. The summed E-state index contributed by atoms with van der Waals surface area (Å²) in [5.74, 6) is -3.00. The number of benzene rings is 3. The summed E-state index contributed by atoms with van der Waals surface area (Å²) in [6.45, 7) is 0. The molecule has 0 radical (unpaired) electrons. The second-order valence-corrected chi connectivity index (χ2v) is 7.27. The summed E-state index contributed by atoms with van der Waals surface area (Å²) < 4.78 is 13.4. The van der Waals surface area contributed by atoms with Gasteiger partial charge in [-0.3, -0.25) is 19.4 Å². The number of hydrazone groups is 1. The molecule has 0 bridgehead atoms. The molecule has 0 aliphatic carbocycles. The lowest BCUT2D eigenvalue weighted by Gasteiger charge is -2.22. The number of rotatable bonds is 4. The first-order chi connectivity index (χ1) is 15.1. The van der Waals surface area contributed by atoms with Gasteiger partial charge in [-0.2, -0.15) is 5.10 Å². The van der Waals surface area contributed by atoms with Crippen LogP contribution in [-0.2, 0) is 9.59 Å². The van der Waals surface area contributed by atoms with E-state index >= 15 is 0 Å². The Morgan fingerprint density at radius 2 is 1.39 bits per heavy atom. The van der Waals surface area contributed by atoms with Crippen LogP contribution in [-0.4, -0.2) is 29.4 Å². The number of ketones is 1. The molecule has 6 nitrogen and oxygen atoms in total. The Morgan fingerprint density at radius 1 is 0.774 bits per heavy atom. The summed E-state index contributed by atoms with van der Waals surface area (Å²) in [4.78, 5) is 40.9. The van der Waals surface area contributed by atoms with Gasteiger partial charge >= 0.3 is 0 Å². The lowest BCUT2D eigenvalue weighted by atomic mass is 9.92. The van der Waals surface area contributed by atoms with Crippen molar-refractivity contribution in [3.63, 3.8) is 0 Å². The zero-order valence-electron chi connectivity index (χ0n) is 16.2. The van der Waals surface area contributed by atoms with Gasteiger partial charge in [0.2, 0.25) is 11.7 Å². The first-order valence-corrected chi connectivity index (χ1v) is 9.72. The molecule has 152 valence electrons. The van der Waals surface area contributed by atoms with Crippen LogP contribution in [0.2, 0.25) is 0 Å². The SMILES string of the molecule is O=C(C1=NN(c2ccccc2)[C@@H]2C(=O)N(c3ccc(F)cc3)C(=O)[C@H]12)c1ccccc1. The highest BCUT2D eigenvalue weighted by Crippen LogP contribution is 2.38. The van der Waals surface area contributed by atoms with Crippen molar-refractivity contribution in [2.45, 2.75) is 6.04 Å². The van der Waals surface area contributed by atoms with Crippen molar-refractivity contribution < 1.29 is 18.8 Å². The molecule has 3 aromatic carbocycles. The maximum atomic E-state index is 13.4. The summed E-state index contributed by atoms with van der Waals surface area (Å²) in [5.41, 5.74) is 1.25. The van der Waals surface area contributed by atoms with Crippen LogP contribution in [0.1, 0.15) is 10.4 Å². The molecule has 0 N–H and O–H groups in total. The third-order valence-electron chi connectivity index (χ3n) is 5.42. The number of fused-ring (bicyclic) bond motifs is 1. The fourth-order valence-corrected chi connectivity index (χ4v) is 3.98. The minimum Gasteiger partial charge on any atom is -0.287 e. The average molecular weight is 413 g/mol. The molecule has 7 heteroatoms. The Balaban J connectivity index is 1.61. The highest BCUT2D eigenvalue weighted by atomic mass is 19.1. The lowest BCUT2D eigenvalue weighted by molar-refractivity contribution is -0.121. The van der Waals surface area contributed by atoms with Crippen molar-refractivity contribution in [1.29, 1.82) is 0 Å². The van der Waals surface area contributed by atoms with Crippen molar-refractivity contribution in [3.8, 4) is 0 Å². The molecule has 5 rings (SSSR count). The second kappa shape index (κ2) is 7.28. The third-order valence-corrected chi connectivity index (χ3v) is 5.42. The number of Topliss-reactive ketones (excluding diaryl/α,β-unsaturated/α-hetero) is 1. The number of hydrogen-bond donors (Lipinski definition) is 0. The van der Waals surface area contributed by atoms with Crippen LogP contribution in [0.5, 0.6) is 0 Å². The minimum atomic E-state index is -1.05. The summed E-state index contributed by atoms with van der Waals surface area (Å²) in [6, 6.07) is 21.6. The van der Waals surface area contributed by atoms with E-state index in [1.54, 1.807) is 54.6 Å². The van der Waals surface area contributed by atoms with Crippen LogP contribution < -0.4 is 9.91 Å². The minimum absolute atomic E-state index is 0.0167. The molecule has 1 fully saturated rings. The highest BCUT2D eigenvalue weighted by Gasteiger charge is 2.58. The molecule has 2 heterocycles. The van der Waals surface area contributed by atoms with E-state index in [1.807, 2.05) is 6.07 Å². The molecule has 31 heavy (non-hydrogen) atoms. The van der Waals surface area contributed by atoms with Crippen molar-refractivity contribution in [1.82, 2.24) is 0 Å².